The van der Waals surface area contributed by atoms with Gasteiger partial charge in [0.25, 0.3) is 0 Å². The minimum Gasteiger partial charge on any atom is -0.478 e. The lowest BCUT2D eigenvalue weighted by Gasteiger charge is -2.26. The van der Waals surface area contributed by atoms with Crippen molar-refractivity contribution in [1.29, 1.82) is 0 Å². The summed E-state index contributed by atoms with van der Waals surface area (Å²) in [5.41, 5.74) is 2.06. The highest BCUT2D eigenvalue weighted by molar-refractivity contribution is 6.31. The average molecular weight is 402 g/mol. The molecule has 0 aliphatic rings. The first-order valence-corrected chi connectivity index (χ1v) is 8.89. The average Bonchev–Trinajstić information content (AvgIpc) is 3.19. The number of aromatic nitrogens is 2. The van der Waals surface area contributed by atoms with Gasteiger partial charge in [0.05, 0.1) is 11.2 Å². The molecule has 0 aliphatic heterocycles. The number of pyridine rings is 1. The van der Waals surface area contributed by atoms with Crippen molar-refractivity contribution < 1.29 is 19.8 Å². The summed E-state index contributed by atoms with van der Waals surface area (Å²) < 4.78 is 2.10. The summed E-state index contributed by atoms with van der Waals surface area (Å²) in [5, 5.41) is 19.7. The van der Waals surface area contributed by atoms with Crippen molar-refractivity contribution in [3.63, 3.8) is 0 Å². The zero-order valence-corrected chi connectivity index (χ0v) is 16.0. The highest BCUT2D eigenvalue weighted by atomic mass is 35.5. The third-order valence-electron chi connectivity index (χ3n) is 3.63. The number of fused-ring (bicyclic) bond motifs is 1. The van der Waals surface area contributed by atoms with E-state index in [1.807, 2.05) is 42.6 Å². The molecular formula is C20H20ClN3O4. The van der Waals surface area contributed by atoms with Gasteiger partial charge in [-0.3, -0.25) is 14.7 Å². The highest BCUT2D eigenvalue weighted by Gasteiger charge is 2.11. The number of nitrogens with zero attached hydrogens (tertiary/aromatic N) is 3. The Kier molecular flexibility index (Phi) is 7.59. The summed E-state index contributed by atoms with van der Waals surface area (Å²) in [6.07, 6.45) is 8.12. The van der Waals surface area contributed by atoms with Crippen molar-refractivity contribution in [3.05, 3.63) is 72.2 Å². The first-order chi connectivity index (χ1) is 13.4. The third kappa shape index (κ3) is 5.85. The molecule has 0 fully saturated rings. The Hall–Kier alpha value is -3.32. The number of carboxylic acids is 2. The van der Waals surface area contributed by atoms with E-state index in [2.05, 4.69) is 34.0 Å². The van der Waals surface area contributed by atoms with Gasteiger partial charge < -0.3 is 10.2 Å². The van der Waals surface area contributed by atoms with Gasteiger partial charge in [-0.1, -0.05) is 18.5 Å². The van der Waals surface area contributed by atoms with Crippen LogP contribution in [-0.4, -0.2) is 38.4 Å². The fraction of sp³-hybridized carbons (Fsp3) is 0.150. The van der Waals surface area contributed by atoms with Crippen molar-refractivity contribution in [1.82, 2.24) is 9.66 Å². The Bertz CT molecular complexity index is 955. The molecule has 28 heavy (non-hydrogen) atoms. The fourth-order valence-electron chi connectivity index (χ4n) is 2.53. The van der Waals surface area contributed by atoms with Crippen LogP contribution in [0.4, 0.5) is 5.69 Å². The Morgan fingerprint density at radius 3 is 2.36 bits per heavy atom. The molecule has 0 amide bonds. The van der Waals surface area contributed by atoms with Crippen LogP contribution in [0.1, 0.15) is 13.3 Å². The Balaban J connectivity index is 0.000000300. The molecule has 0 aliphatic carbocycles. The van der Waals surface area contributed by atoms with E-state index in [1.165, 1.54) is 0 Å². The van der Waals surface area contributed by atoms with E-state index < -0.39 is 11.9 Å². The first kappa shape index (κ1) is 21.0. The predicted molar refractivity (Wildman–Crippen MR) is 109 cm³/mol. The van der Waals surface area contributed by atoms with Gasteiger partial charge in [0, 0.05) is 47.7 Å². The standard InChI is InChI=1S/C16H16ClN3.C4H4O4/c1-2-9-20(19-10-3-4-11-19)16-7-8-18-15-12-13(17)5-6-14(15)16;5-3(6)1-2-4(7)8/h3-8,10-12H,2,9H2,1H3;1-2H,(H,5,6)(H,7,8). The maximum Gasteiger partial charge on any atom is 0.328 e. The lowest BCUT2D eigenvalue weighted by Crippen LogP contribution is -2.29. The molecule has 1 aromatic carbocycles. The number of rotatable bonds is 6. The van der Waals surface area contributed by atoms with E-state index in [0.717, 1.165) is 29.6 Å². The summed E-state index contributed by atoms with van der Waals surface area (Å²) in [6.45, 7) is 3.12. The van der Waals surface area contributed by atoms with Crippen LogP contribution in [0.15, 0.2) is 67.1 Å². The number of hydrogen-bond donors (Lipinski definition) is 2. The SMILES string of the molecule is CCCN(c1ccnc2cc(Cl)ccc12)n1cccc1.O=C(O)C=CC(=O)O. The number of anilines is 1. The molecule has 0 saturated heterocycles. The van der Waals surface area contributed by atoms with Crippen LogP contribution in [0, 0.1) is 0 Å². The Labute approximate surface area is 167 Å². The van der Waals surface area contributed by atoms with Crippen molar-refractivity contribution >= 4 is 40.1 Å². The maximum absolute atomic E-state index is 9.55. The highest BCUT2D eigenvalue weighted by Crippen LogP contribution is 2.28. The Morgan fingerprint density at radius 2 is 1.79 bits per heavy atom. The first-order valence-electron chi connectivity index (χ1n) is 8.51. The number of hydrogen-bond acceptors (Lipinski definition) is 4. The molecule has 2 heterocycles. The van der Waals surface area contributed by atoms with Gasteiger partial charge in [0.1, 0.15) is 0 Å². The molecule has 3 rings (SSSR count). The maximum atomic E-state index is 9.55. The topological polar surface area (TPSA) is 95.7 Å². The lowest BCUT2D eigenvalue weighted by atomic mass is 10.2. The fourth-order valence-corrected chi connectivity index (χ4v) is 2.70. The third-order valence-corrected chi connectivity index (χ3v) is 3.87. The minimum atomic E-state index is -1.26. The summed E-state index contributed by atoms with van der Waals surface area (Å²) in [4.78, 5) is 23.5. The Morgan fingerprint density at radius 1 is 1.14 bits per heavy atom. The smallest absolute Gasteiger partial charge is 0.328 e. The van der Waals surface area contributed by atoms with E-state index in [4.69, 9.17) is 21.8 Å². The zero-order valence-electron chi connectivity index (χ0n) is 15.2. The minimum absolute atomic E-state index is 0.558. The molecule has 2 aromatic heterocycles. The van der Waals surface area contributed by atoms with Crippen LogP contribution in [0.5, 0.6) is 0 Å². The van der Waals surface area contributed by atoms with Crippen LogP contribution in [0.3, 0.4) is 0 Å². The van der Waals surface area contributed by atoms with E-state index >= 15 is 0 Å². The van der Waals surface area contributed by atoms with E-state index in [0.29, 0.717) is 17.2 Å². The van der Waals surface area contributed by atoms with E-state index in [1.54, 1.807) is 0 Å². The van der Waals surface area contributed by atoms with Crippen molar-refractivity contribution in [3.8, 4) is 0 Å². The molecule has 7 nitrogen and oxygen atoms in total. The van der Waals surface area contributed by atoms with Crippen molar-refractivity contribution in [2.75, 3.05) is 11.6 Å². The summed E-state index contributed by atoms with van der Waals surface area (Å²) in [7, 11) is 0. The molecule has 0 saturated carbocycles. The summed E-state index contributed by atoms with van der Waals surface area (Å²) in [5.74, 6) is -2.51. The molecule has 2 N–H and O–H groups in total. The quantitative estimate of drug-likeness (QED) is 0.604. The van der Waals surface area contributed by atoms with Gasteiger partial charge >= 0.3 is 11.9 Å². The molecule has 146 valence electrons. The normalized spacial score (nSPS) is 10.5. The second-order valence-electron chi connectivity index (χ2n) is 5.69. The van der Waals surface area contributed by atoms with Crippen LogP contribution in [0.25, 0.3) is 10.9 Å². The number of carbonyl (C=O) groups is 2. The van der Waals surface area contributed by atoms with Crippen molar-refractivity contribution in [2.24, 2.45) is 0 Å². The van der Waals surface area contributed by atoms with Gasteiger partial charge in [-0.25, -0.2) is 9.59 Å². The summed E-state index contributed by atoms with van der Waals surface area (Å²) >= 11 is 6.05. The zero-order chi connectivity index (χ0) is 20.5. The van der Waals surface area contributed by atoms with E-state index in [-0.39, 0.29) is 0 Å². The van der Waals surface area contributed by atoms with Gasteiger partial charge in [-0.2, -0.15) is 0 Å². The van der Waals surface area contributed by atoms with Crippen LogP contribution < -0.4 is 5.01 Å². The molecule has 0 radical (unpaired) electrons. The molecule has 8 heteroatoms. The second-order valence-corrected chi connectivity index (χ2v) is 6.12. The van der Waals surface area contributed by atoms with Gasteiger partial charge in [0.2, 0.25) is 0 Å². The molecule has 0 spiro atoms. The largest absolute Gasteiger partial charge is 0.478 e. The molecule has 0 unspecified atom stereocenters. The number of halogens is 1. The molecule has 0 bridgehead atoms. The molecule has 0 atom stereocenters. The van der Waals surface area contributed by atoms with Crippen molar-refractivity contribution in [2.45, 2.75) is 13.3 Å². The summed E-state index contributed by atoms with van der Waals surface area (Å²) in [6, 6.07) is 12.0. The van der Waals surface area contributed by atoms with Crippen LogP contribution in [0.2, 0.25) is 5.02 Å². The van der Waals surface area contributed by atoms with Crippen LogP contribution >= 0.6 is 11.6 Å². The monoisotopic (exact) mass is 401 g/mol. The van der Waals surface area contributed by atoms with E-state index in [9.17, 15) is 9.59 Å². The number of carboxylic acid groups (broad SMARTS) is 2. The molecular weight excluding hydrogens is 382 g/mol. The van der Waals surface area contributed by atoms with Gasteiger partial charge in [-0.15, -0.1) is 0 Å². The number of aliphatic carboxylic acids is 2. The van der Waals surface area contributed by atoms with Gasteiger partial charge in [0.15, 0.2) is 0 Å². The number of benzene rings is 1. The van der Waals surface area contributed by atoms with Crippen LogP contribution in [-0.2, 0) is 9.59 Å². The predicted octanol–water partition coefficient (Wildman–Crippen LogP) is 4.08. The lowest BCUT2D eigenvalue weighted by molar-refractivity contribution is -0.134. The molecule has 3 aromatic rings. The van der Waals surface area contributed by atoms with Gasteiger partial charge in [-0.05, 0) is 42.8 Å². The second kappa shape index (κ2) is 10.1.